The normalized spacial score (nSPS) is 15.6. The van der Waals surface area contributed by atoms with E-state index < -0.39 is 5.82 Å². The van der Waals surface area contributed by atoms with Gasteiger partial charge < -0.3 is 10.1 Å². The van der Waals surface area contributed by atoms with Crippen LogP contribution in [0.2, 0.25) is 5.02 Å². The van der Waals surface area contributed by atoms with Crippen molar-refractivity contribution < 1.29 is 13.9 Å². The SMILES string of the molecule is Cc1c(C(=O)NCC(c2ccc(Cl)cc2)N2CCOCC2)cnn1-c1ccccc1F. The molecule has 1 aliphatic heterocycles. The summed E-state index contributed by atoms with van der Waals surface area (Å²) in [5, 5.41) is 7.93. The van der Waals surface area contributed by atoms with Crippen LogP contribution in [0.4, 0.5) is 4.39 Å². The van der Waals surface area contributed by atoms with Gasteiger partial charge >= 0.3 is 0 Å². The lowest BCUT2D eigenvalue weighted by Crippen LogP contribution is -2.43. The standard InChI is InChI=1S/C23H24ClFN4O2/c1-16-19(14-27-29(16)21-5-3-2-4-20(21)25)23(30)26-15-22(28-10-12-31-13-11-28)17-6-8-18(24)9-7-17/h2-9,14,22H,10-13,15H2,1H3,(H,26,30). The number of morpholine rings is 1. The van der Waals surface area contributed by atoms with E-state index in [1.54, 1.807) is 25.1 Å². The number of rotatable bonds is 6. The molecule has 1 saturated heterocycles. The maximum atomic E-state index is 14.2. The Morgan fingerprint density at radius 3 is 2.61 bits per heavy atom. The number of para-hydroxylation sites is 1. The topological polar surface area (TPSA) is 59.4 Å². The minimum Gasteiger partial charge on any atom is -0.379 e. The Bertz CT molecular complexity index is 1050. The second-order valence-electron chi connectivity index (χ2n) is 7.43. The highest BCUT2D eigenvalue weighted by Crippen LogP contribution is 2.23. The van der Waals surface area contributed by atoms with E-state index in [1.807, 2.05) is 24.3 Å². The smallest absolute Gasteiger partial charge is 0.254 e. The predicted molar refractivity (Wildman–Crippen MR) is 117 cm³/mol. The van der Waals surface area contributed by atoms with Gasteiger partial charge in [0, 0.05) is 24.7 Å². The fourth-order valence-corrected chi connectivity index (χ4v) is 3.94. The molecular formula is C23H24ClFN4O2. The molecule has 3 aromatic rings. The first-order chi connectivity index (χ1) is 15.0. The molecule has 1 aromatic heterocycles. The number of aromatic nitrogens is 2. The molecule has 4 rings (SSSR count). The number of ether oxygens (including phenoxy) is 1. The summed E-state index contributed by atoms with van der Waals surface area (Å²) in [6, 6.07) is 14.0. The van der Waals surface area contributed by atoms with Crippen LogP contribution in [0.5, 0.6) is 0 Å². The number of nitrogens with one attached hydrogen (secondary N) is 1. The van der Waals surface area contributed by atoms with Gasteiger partial charge in [-0.2, -0.15) is 5.10 Å². The van der Waals surface area contributed by atoms with Crippen LogP contribution in [-0.4, -0.2) is 53.4 Å². The van der Waals surface area contributed by atoms with Gasteiger partial charge in [0.05, 0.1) is 36.7 Å². The van der Waals surface area contributed by atoms with E-state index >= 15 is 0 Å². The van der Waals surface area contributed by atoms with Crippen molar-refractivity contribution in [1.29, 1.82) is 0 Å². The fraction of sp³-hybridized carbons (Fsp3) is 0.304. The Morgan fingerprint density at radius 2 is 1.90 bits per heavy atom. The van der Waals surface area contributed by atoms with Crippen molar-refractivity contribution in [1.82, 2.24) is 20.0 Å². The summed E-state index contributed by atoms with van der Waals surface area (Å²) in [5.41, 5.74) is 2.38. The summed E-state index contributed by atoms with van der Waals surface area (Å²) in [6.45, 7) is 5.07. The lowest BCUT2D eigenvalue weighted by molar-refractivity contribution is 0.0162. The number of hydrogen-bond acceptors (Lipinski definition) is 4. The van der Waals surface area contributed by atoms with Crippen LogP contribution in [-0.2, 0) is 4.74 Å². The average molecular weight is 443 g/mol. The summed E-state index contributed by atoms with van der Waals surface area (Å²) in [4.78, 5) is 15.2. The van der Waals surface area contributed by atoms with Crippen LogP contribution < -0.4 is 5.32 Å². The highest BCUT2D eigenvalue weighted by molar-refractivity contribution is 6.30. The van der Waals surface area contributed by atoms with Gasteiger partial charge in [0.2, 0.25) is 0 Å². The second-order valence-corrected chi connectivity index (χ2v) is 7.87. The Balaban J connectivity index is 1.51. The minimum absolute atomic E-state index is 0.00737. The van der Waals surface area contributed by atoms with Crippen LogP contribution in [0.3, 0.4) is 0 Å². The van der Waals surface area contributed by atoms with Gasteiger partial charge in [-0.3, -0.25) is 9.69 Å². The molecule has 1 amide bonds. The Hall–Kier alpha value is -2.74. The van der Waals surface area contributed by atoms with Crippen molar-refractivity contribution >= 4 is 17.5 Å². The second kappa shape index (κ2) is 9.60. The zero-order chi connectivity index (χ0) is 21.8. The predicted octanol–water partition coefficient (Wildman–Crippen LogP) is 3.78. The van der Waals surface area contributed by atoms with Gasteiger partial charge in [-0.1, -0.05) is 35.9 Å². The van der Waals surface area contributed by atoms with Crippen molar-refractivity contribution in [3.8, 4) is 5.69 Å². The molecule has 8 heteroatoms. The minimum atomic E-state index is -0.393. The Kier molecular flexibility index (Phi) is 6.65. The molecule has 162 valence electrons. The van der Waals surface area contributed by atoms with Crippen molar-refractivity contribution in [2.24, 2.45) is 0 Å². The third kappa shape index (κ3) is 4.79. The van der Waals surface area contributed by atoms with Gasteiger partial charge in [0.1, 0.15) is 11.5 Å². The highest BCUT2D eigenvalue weighted by Gasteiger charge is 2.24. The number of carbonyl (C=O) groups excluding carboxylic acids is 1. The van der Waals surface area contributed by atoms with E-state index in [4.69, 9.17) is 16.3 Å². The van der Waals surface area contributed by atoms with E-state index in [0.29, 0.717) is 41.7 Å². The molecule has 2 heterocycles. The summed E-state index contributed by atoms with van der Waals surface area (Å²) in [7, 11) is 0. The molecule has 1 N–H and O–H groups in total. The van der Waals surface area contributed by atoms with Gasteiger partial charge in [-0.05, 0) is 36.8 Å². The van der Waals surface area contributed by atoms with E-state index in [9.17, 15) is 9.18 Å². The lowest BCUT2D eigenvalue weighted by Gasteiger charge is -2.35. The van der Waals surface area contributed by atoms with E-state index in [2.05, 4.69) is 15.3 Å². The molecule has 2 aromatic carbocycles. The molecule has 1 unspecified atom stereocenters. The van der Waals surface area contributed by atoms with E-state index in [0.717, 1.165) is 18.7 Å². The molecule has 0 spiro atoms. The third-order valence-corrected chi connectivity index (χ3v) is 5.78. The van der Waals surface area contributed by atoms with Crippen molar-refractivity contribution in [3.05, 3.63) is 82.4 Å². The molecule has 0 aliphatic carbocycles. The maximum Gasteiger partial charge on any atom is 0.254 e. The molecule has 31 heavy (non-hydrogen) atoms. The van der Waals surface area contributed by atoms with Crippen molar-refractivity contribution in [3.63, 3.8) is 0 Å². The number of benzene rings is 2. The highest BCUT2D eigenvalue weighted by atomic mass is 35.5. The van der Waals surface area contributed by atoms with Crippen LogP contribution in [0.25, 0.3) is 5.69 Å². The van der Waals surface area contributed by atoms with Crippen LogP contribution in [0.1, 0.15) is 27.7 Å². The van der Waals surface area contributed by atoms with E-state index in [-0.39, 0.29) is 11.9 Å². The molecular weight excluding hydrogens is 419 g/mol. The van der Waals surface area contributed by atoms with Gasteiger partial charge in [0.25, 0.3) is 5.91 Å². The van der Waals surface area contributed by atoms with Crippen LogP contribution >= 0.6 is 11.6 Å². The summed E-state index contributed by atoms with van der Waals surface area (Å²) in [6.07, 6.45) is 1.48. The van der Waals surface area contributed by atoms with Gasteiger partial charge in [-0.25, -0.2) is 9.07 Å². The molecule has 0 bridgehead atoms. The van der Waals surface area contributed by atoms with Crippen LogP contribution in [0.15, 0.2) is 54.7 Å². The number of nitrogens with zero attached hydrogens (tertiary/aromatic N) is 3. The number of amides is 1. The molecule has 0 radical (unpaired) electrons. The number of carbonyl (C=O) groups is 1. The lowest BCUT2D eigenvalue weighted by atomic mass is 10.0. The first kappa shape index (κ1) is 21.5. The summed E-state index contributed by atoms with van der Waals surface area (Å²) >= 11 is 6.05. The summed E-state index contributed by atoms with van der Waals surface area (Å²) in [5.74, 6) is -0.636. The molecule has 1 aliphatic rings. The Morgan fingerprint density at radius 1 is 1.19 bits per heavy atom. The molecule has 0 saturated carbocycles. The first-order valence-electron chi connectivity index (χ1n) is 10.2. The zero-order valence-corrected chi connectivity index (χ0v) is 18.0. The quantitative estimate of drug-likeness (QED) is 0.631. The monoisotopic (exact) mass is 442 g/mol. The summed E-state index contributed by atoms with van der Waals surface area (Å²) < 4.78 is 21.1. The van der Waals surface area contributed by atoms with Crippen molar-refractivity contribution in [2.75, 3.05) is 32.8 Å². The number of halogens is 2. The fourth-order valence-electron chi connectivity index (χ4n) is 3.82. The Labute approximate surface area is 185 Å². The van der Waals surface area contributed by atoms with Gasteiger partial charge in [0.15, 0.2) is 0 Å². The zero-order valence-electron chi connectivity index (χ0n) is 17.2. The van der Waals surface area contributed by atoms with Crippen LogP contribution in [0, 0.1) is 12.7 Å². The van der Waals surface area contributed by atoms with Gasteiger partial charge in [-0.15, -0.1) is 0 Å². The van der Waals surface area contributed by atoms with E-state index in [1.165, 1.54) is 16.9 Å². The van der Waals surface area contributed by atoms with Crippen molar-refractivity contribution in [2.45, 2.75) is 13.0 Å². The largest absolute Gasteiger partial charge is 0.379 e. The third-order valence-electron chi connectivity index (χ3n) is 5.53. The molecule has 1 atom stereocenters. The number of hydrogen-bond donors (Lipinski definition) is 1. The average Bonchev–Trinajstić information content (AvgIpc) is 3.17. The molecule has 6 nitrogen and oxygen atoms in total. The first-order valence-corrected chi connectivity index (χ1v) is 10.6. The maximum absolute atomic E-state index is 14.2. The molecule has 1 fully saturated rings.